The van der Waals surface area contributed by atoms with Crippen LogP contribution in [0.4, 0.5) is 0 Å². The molecule has 0 amide bonds. The fourth-order valence-electron chi connectivity index (χ4n) is 1.35. The minimum Gasteiger partial charge on any atom is -0.387 e. The molecule has 0 radical (unpaired) electrons. The highest BCUT2D eigenvalue weighted by molar-refractivity contribution is 7.80. The Kier molecular flexibility index (Phi) is 4.13. The molecular formula is C7H13N3O5S. The van der Waals surface area contributed by atoms with Crippen LogP contribution in [0.2, 0.25) is 0 Å². The molecule has 1 aliphatic carbocycles. The van der Waals surface area contributed by atoms with Crippen LogP contribution >= 0.6 is 12.2 Å². The summed E-state index contributed by atoms with van der Waals surface area (Å²) in [6.07, 6.45) is -8.19. The lowest BCUT2D eigenvalue weighted by Gasteiger charge is -2.36. The van der Waals surface area contributed by atoms with Gasteiger partial charge >= 0.3 is 0 Å². The first-order valence-electron chi connectivity index (χ1n) is 4.39. The first-order valence-corrected chi connectivity index (χ1v) is 4.80. The van der Waals surface area contributed by atoms with Crippen molar-refractivity contribution in [3.05, 3.63) is 0 Å². The van der Waals surface area contributed by atoms with Gasteiger partial charge in [0, 0.05) is 0 Å². The number of hydrazone groups is 1. The second kappa shape index (κ2) is 4.99. The van der Waals surface area contributed by atoms with Crippen LogP contribution in [0.25, 0.3) is 0 Å². The first-order chi connectivity index (χ1) is 7.36. The van der Waals surface area contributed by atoms with Gasteiger partial charge in [0.2, 0.25) is 0 Å². The van der Waals surface area contributed by atoms with Crippen molar-refractivity contribution in [2.75, 3.05) is 0 Å². The van der Waals surface area contributed by atoms with Crippen LogP contribution < -0.4 is 11.2 Å². The molecule has 0 unspecified atom stereocenters. The normalized spacial score (nSPS) is 42.1. The monoisotopic (exact) mass is 251 g/mol. The van der Waals surface area contributed by atoms with Gasteiger partial charge in [0.25, 0.3) is 0 Å². The van der Waals surface area contributed by atoms with Gasteiger partial charge in [0.1, 0.15) is 36.2 Å². The number of hydrogen-bond donors (Lipinski definition) is 7. The van der Waals surface area contributed by atoms with E-state index < -0.39 is 30.5 Å². The fraction of sp³-hybridized carbons (Fsp3) is 0.714. The van der Waals surface area contributed by atoms with Crippen LogP contribution in [0.1, 0.15) is 0 Å². The van der Waals surface area contributed by atoms with E-state index in [-0.39, 0.29) is 10.8 Å². The van der Waals surface area contributed by atoms with Crippen molar-refractivity contribution in [3.8, 4) is 0 Å². The molecule has 0 heterocycles. The largest absolute Gasteiger partial charge is 0.387 e. The van der Waals surface area contributed by atoms with Crippen molar-refractivity contribution in [2.45, 2.75) is 30.5 Å². The highest BCUT2D eigenvalue weighted by Gasteiger charge is 2.46. The smallest absolute Gasteiger partial charge is 0.184 e. The predicted molar refractivity (Wildman–Crippen MR) is 57.4 cm³/mol. The molecule has 0 aliphatic heterocycles. The van der Waals surface area contributed by atoms with Gasteiger partial charge < -0.3 is 31.3 Å². The summed E-state index contributed by atoms with van der Waals surface area (Å²) in [6.45, 7) is 0. The number of nitrogens with one attached hydrogen (secondary N) is 1. The molecule has 9 heteroatoms. The van der Waals surface area contributed by atoms with Gasteiger partial charge in [-0.05, 0) is 12.2 Å². The lowest BCUT2D eigenvalue weighted by atomic mass is 9.86. The van der Waals surface area contributed by atoms with Gasteiger partial charge in [-0.1, -0.05) is 0 Å². The average Bonchev–Trinajstić information content (AvgIpc) is 2.23. The number of aliphatic hydroxyl groups is 5. The van der Waals surface area contributed by atoms with Crippen LogP contribution in [0, 0.1) is 0 Å². The van der Waals surface area contributed by atoms with Gasteiger partial charge in [-0.2, -0.15) is 5.10 Å². The van der Waals surface area contributed by atoms with Gasteiger partial charge in [-0.15, -0.1) is 0 Å². The van der Waals surface area contributed by atoms with Crippen molar-refractivity contribution in [3.63, 3.8) is 0 Å². The number of hydrogen-bond acceptors (Lipinski definition) is 7. The van der Waals surface area contributed by atoms with Gasteiger partial charge in [-0.25, -0.2) is 0 Å². The summed E-state index contributed by atoms with van der Waals surface area (Å²) in [5.41, 5.74) is 6.83. The Labute approximate surface area is 96.0 Å². The molecule has 1 rings (SSSR count). The summed E-state index contributed by atoms with van der Waals surface area (Å²) in [7, 11) is 0. The summed E-state index contributed by atoms with van der Waals surface area (Å²) in [5, 5.41) is 50.1. The quantitative estimate of drug-likeness (QED) is 0.184. The number of nitrogens with two attached hydrogens (primary N) is 1. The molecule has 8 nitrogen and oxygen atoms in total. The van der Waals surface area contributed by atoms with E-state index in [9.17, 15) is 25.5 Å². The van der Waals surface area contributed by atoms with E-state index >= 15 is 0 Å². The SMILES string of the molecule is NC(=S)NN=C1[C@@H](O)[C@@H](O)[C@H](O)[C@H](O)[C@H]1O. The molecule has 0 aromatic heterocycles. The topological polar surface area (TPSA) is 152 Å². The molecular weight excluding hydrogens is 238 g/mol. The molecule has 1 fully saturated rings. The van der Waals surface area contributed by atoms with Gasteiger partial charge in [0.05, 0.1) is 0 Å². The first kappa shape index (κ1) is 13.2. The molecule has 8 N–H and O–H groups in total. The second-order valence-electron chi connectivity index (χ2n) is 3.37. The number of rotatable bonds is 1. The van der Waals surface area contributed by atoms with Crippen molar-refractivity contribution in [1.82, 2.24) is 5.43 Å². The number of aliphatic hydroxyl groups excluding tert-OH is 5. The van der Waals surface area contributed by atoms with Crippen LogP contribution in [0.15, 0.2) is 5.10 Å². The fourth-order valence-corrected chi connectivity index (χ4v) is 1.40. The number of nitrogens with zero attached hydrogens (tertiary/aromatic N) is 1. The highest BCUT2D eigenvalue weighted by atomic mass is 32.1. The van der Waals surface area contributed by atoms with E-state index in [0.717, 1.165) is 0 Å². The minimum atomic E-state index is -1.66. The maximum atomic E-state index is 9.47. The third-order valence-electron chi connectivity index (χ3n) is 2.25. The molecule has 0 saturated heterocycles. The second-order valence-corrected chi connectivity index (χ2v) is 3.81. The predicted octanol–water partition coefficient (Wildman–Crippen LogP) is -4.01. The Morgan fingerprint density at radius 3 is 1.88 bits per heavy atom. The Morgan fingerprint density at radius 2 is 1.50 bits per heavy atom. The van der Waals surface area contributed by atoms with E-state index in [0.29, 0.717) is 0 Å². The highest BCUT2D eigenvalue weighted by Crippen LogP contribution is 2.18. The zero-order chi connectivity index (χ0) is 12.5. The summed E-state index contributed by atoms with van der Waals surface area (Å²) in [6, 6.07) is 0. The Balaban J connectivity index is 2.90. The molecule has 0 aromatic carbocycles. The summed E-state index contributed by atoms with van der Waals surface area (Å²) in [4.78, 5) is 0. The van der Waals surface area contributed by atoms with Gasteiger partial charge in [-0.3, -0.25) is 5.43 Å². The summed E-state index contributed by atoms with van der Waals surface area (Å²) < 4.78 is 0. The lowest BCUT2D eigenvalue weighted by molar-refractivity contribution is -0.130. The molecule has 5 atom stereocenters. The molecule has 0 aromatic rings. The van der Waals surface area contributed by atoms with E-state index in [1.807, 2.05) is 0 Å². The van der Waals surface area contributed by atoms with Crippen LogP contribution in [0.5, 0.6) is 0 Å². The molecule has 92 valence electrons. The van der Waals surface area contributed by atoms with E-state index in [1.54, 1.807) is 0 Å². The Morgan fingerprint density at radius 1 is 1.06 bits per heavy atom. The molecule has 16 heavy (non-hydrogen) atoms. The van der Waals surface area contributed by atoms with Crippen molar-refractivity contribution in [2.24, 2.45) is 10.8 Å². The van der Waals surface area contributed by atoms with E-state index in [2.05, 4.69) is 22.7 Å². The maximum Gasteiger partial charge on any atom is 0.184 e. The lowest BCUT2D eigenvalue weighted by Crippen LogP contribution is -2.62. The zero-order valence-electron chi connectivity index (χ0n) is 8.06. The van der Waals surface area contributed by atoms with Crippen LogP contribution in [-0.4, -0.2) is 66.9 Å². The molecule has 1 saturated carbocycles. The van der Waals surface area contributed by atoms with Crippen LogP contribution in [0.3, 0.4) is 0 Å². The molecule has 0 spiro atoms. The van der Waals surface area contributed by atoms with Crippen molar-refractivity contribution in [1.29, 1.82) is 0 Å². The molecule has 0 bridgehead atoms. The van der Waals surface area contributed by atoms with E-state index in [1.165, 1.54) is 0 Å². The average molecular weight is 251 g/mol. The third-order valence-corrected chi connectivity index (χ3v) is 2.34. The van der Waals surface area contributed by atoms with Crippen LogP contribution in [-0.2, 0) is 0 Å². The maximum absolute atomic E-state index is 9.47. The minimum absolute atomic E-state index is 0.206. The zero-order valence-corrected chi connectivity index (χ0v) is 8.87. The van der Waals surface area contributed by atoms with Crippen molar-refractivity contribution < 1.29 is 25.5 Å². The summed E-state index contributed by atoms with van der Waals surface area (Å²) in [5.74, 6) is 0. The Hall–Kier alpha value is -0.840. The Bertz CT molecular complexity index is 294. The van der Waals surface area contributed by atoms with Gasteiger partial charge in [0.15, 0.2) is 5.11 Å². The molecule has 1 aliphatic rings. The summed E-state index contributed by atoms with van der Waals surface area (Å²) >= 11 is 4.45. The van der Waals surface area contributed by atoms with E-state index in [4.69, 9.17) is 5.73 Å². The standard InChI is InChI=1S/C7H13N3O5S/c8-7(16)10-9-1-2(11)4(13)6(15)5(14)3(1)12/h2-6,11-15H,(H3,8,10,16)/t2-,3+,4-,5-,6+/m1/s1. The third kappa shape index (κ3) is 2.45. The van der Waals surface area contributed by atoms with Crippen molar-refractivity contribution >= 4 is 23.0 Å². The number of thiocarbonyl (C=S) groups is 1.